The summed E-state index contributed by atoms with van der Waals surface area (Å²) in [6, 6.07) is 2.36. The topological polar surface area (TPSA) is 100.0 Å². The van der Waals surface area contributed by atoms with Crippen molar-refractivity contribution in [3.63, 3.8) is 0 Å². The molecular formula is C14H18N2O5. The zero-order valence-corrected chi connectivity index (χ0v) is 11.7. The summed E-state index contributed by atoms with van der Waals surface area (Å²) in [6.45, 7) is 2.54. The Morgan fingerprint density at radius 2 is 2.24 bits per heavy atom. The van der Waals surface area contributed by atoms with Crippen LogP contribution in [0.1, 0.15) is 23.8 Å². The van der Waals surface area contributed by atoms with Gasteiger partial charge in [0, 0.05) is 12.7 Å². The van der Waals surface area contributed by atoms with E-state index >= 15 is 0 Å². The number of aliphatic carboxylic acids is 1. The predicted octanol–water partition coefficient (Wildman–Crippen LogP) is 0.739. The van der Waals surface area contributed by atoms with E-state index in [-0.39, 0.29) is 24.7 Å². The van der Waals surface area contributed by atoms with E-state index in [1.165, 1.54) is 23.2 Å². The second-order valence-corrected chi connectivity index (χ2v) is 4.92. The zero-order valence-electron chi connectivity index (χ0n) is 11.7. The SMILES string of the molecule is CCCN(C(=O)c1ncccc1O)C1COCC1C(=O)O. The molecule has 0 saturated carbocycles. The molecule has 2 atom stereocenters. The summed E-state index contributed by atoms with van der Waals surface area (Å²) in [4.78, 5) is 29.2. The number of nitrogens with zero attached hydrogens (tertiary/aromatic N) is 2. The third kappa shape index (κ3) is 3.13. The molecule has 7 heteroatoms. The number of hydrogen-bond acceptors (Lipinski definition) is 5. The maximum atomic E-state index is 12.6. The molecule has 2 heterocycles. The molecule has 21 heavy (non-hydrogen) atoms. The highest BCUT2D eigenvalue weighted by Crippen LogP contribution is 2.24. The first kappa shape index (κ1) is 15.2. The summed E-state index contributed by atoms with van der Waals surface area (Å²) in [5, 5.41) is 19.0. The average Bonchev–Trinajstić information content (AvgIpc) is 2.94. The second-order valence-electron chi connectivity index (χ2n) is 4.92. The Labute approximate surface area is 122 Å². The van der Waals surface area contributed by atoms with E-state index in [9.17, 15) is 19.8 Å². The van der Waals surface area contributed by atoms with Crippen molar-refractivity contribution < 1.29 is 24.5 Å². The van der Waals surface area contributed by atoms with Crippen molar-refractivity contribution in [2.24, 2.45) is 5.92 Å². The highest BCUT2D eigenvalue weighted by Gasteiger charge is 2.40. The van der Waals surface area contributed by atoms with Crippen LogP contribution in [-0.4, -0.2) is 57.8 Å². The predicted molar refractivity (Wildman–Crippen MR) is 73.0 cm³/mol. The van der Waals surface area contributed by atoms with Crippen LogP contribution in [0.3, 0.4) is 0 Å². The molecule has 1 fully saturated rings. The van der Waals surface area contributed by atoms with Crippen molar-refractivity contribution in [2.45, 2.75) is 19.4 Å². The largest absolute Gasteiger partial charge is 0.505 e. The lowest BCUT2D eigenvalue weighted by atomic mass is 10.0. The van der Waals surface area contributed by atoms with Gasteiger partial charge in [-0.25, -0.2) is 4.98 Å². The van der Waals surface area contributed by atoms with Gasteiger partial charge in [0.2, 0.25) is 0 Å². The van der Waals surface area contributed by atoms with E-state index in [4.69, 9.17) is 4.74 Å². The van der Waals surface area contributed by atoms with Gasteiger partial charge in [-0.1, -0.05) is 6.92 Å². The number of aromatic nitrogens is 1. The van der Waals surface area contributed by atoms with Crippen LogP contribution >= 0.6 is 0 Å². The Balaban J connectivity index is 2.28. The monoisotopic (exact) mass is 294 g/mol. The summed E-state index contributed by atoms with van der Waals surface area (Å²) in [5.41, 5.74) is -0.0676. The van der Waals surface area contributed by atoms with E-state index in [1.54, 1.807) is 0 Å². The van der Waals surface area contributed by atoms with Gasteiger partial charge in [-0.2, -0.15) is 0 Å². The van der Waals surface area contributed by atoms with Crippen LogP contribution in [-0.2, 0) is 9.53 Å². The molecule has 0 aromatic carbocycles. The number of ether oxygens (including phenoxy) is 1. The number of carboxylic acids is 1. The fourth-order valence-corrected chi connectivity index (χ4v) is 2.44. The number of aromatic hydroxyl groups is 1. The Kier molecular flexibility index (Phi) is 4.74. The molecule has 1 amide bonds. The molecule has 1 aromatic rings. The molecule has 1 saturated heterocycles. The number of carbonyl (C=O) groups is 2. The summed E-state index contributed by atoms with van der Waals surface area (Å²) in [5.74, 6) is -2.44. The van der Waals surface area contributed by atoms with Crippen LogP contribution in [0.5, 0.6) is 5.75 Å². The molecule has 114 valence electrons. The maximum Gasteiger partial charge on any atom is 0.311 e. The number of rotatable bonds is 5. The molecule has 0 bridgehead atoms. The van der Waals surface area contributed by atoms with Crippen LogP contribution < -0.4 is 0 Å². The highest BCUT2D eigenvalue weighted by molar-refractivity contribution is 5.95. The highest BCUT2D eigenvalue weighted by atomic mass is 16.5. The van der Waals surface area contributed by atoms with Crippen LogP contribution in [0.25, 0.3) is 0 Å². The molecule has 2 rings (SSSR count). The Hall–Kier alpha value is -2.15. The van der Waals surface area contributed by atoms with Crippen LogP contribution in [0.4, 0.5) is 0 Å². The maximum absolute atomic E-state index is 12.6. The van der Waals surface area contributed by atoms with E-state index in [1.807, 2.05) is 6.92 Å². The van der Waals surface area contributed by atoms with Gasteiger partial charge in [-0.15, -0.1) is 0 Å². The van der Waals surface area contributed by atoms with Crippen molar-refractivity contribution in [1.82, 2.24) is 9.88 Å². The lowest BCUT2D eigenvalue weighted by molar-refractivity contribution is -0.142. The zero-order chi connectivity index (χ0) is 15.4. The standard InChI is InChI=1S/C14H18N2O5/c1-2-6-16(10-8-21-7-9(10)14(19)20)13(18)12-11(17)4-3-5-15-12/h3-5,9-10,17H,2,6-8H2,1H3,(H,19,20). The van der Waals surface area contributed by atoms with Crippen LogP contribution in [0.2, 0.25) is 0 Å². The van der Waals surface area contributed by atoms with Crippen LogP contribution in [0.15, 0.2) is 18.3 Å². The molecule has 0 spiro atoms. The van der Waals surface area contributed by atoms with Crippen molar-refractivity contribution in [1.29, 1.82) is 0 Å². The Bertz CT molecular complexity index is 534. The van der Waals surface area contributed by atoms with E-state index in [2.05, 4.69) is 4.98 Å². The lowest BCUT2D eigenvalue weighted by Crippen LogP contribution is -2.47. The van der Waals surface area contributed by atoms with E-state index in [0.29, 0.717) is 13.0 Å². The molecule has 7 nitrogen and oxygen atoms in total. The molecule has 0 aliphatic carbocycles. The van der Waals surface area contributed by atoms with Crippen molar-refractivity contribution in [3.8, 4) is 5.75 Å². The molecular weight excluding hydrogens is 276 g/mol. The smallest absolute Gasteiger partial charge is 0.311 e. The van der Waals surface area contributed by atoms with Gasteiger partial charge in [0.1, 0.15) is 11.7 Å². The number of carbonyl (C=O) groups excluding carboxylic acids is 1. The van der Waals surface area contributed by atoms with Gasteiger partial charge >= 0.3 is 5.97 Å². The first-order valence-electron chi connectivity index (χ1n) is 6.81. The van der Waals surface area contributed by atoms with Crippen LogP contribution in [0, 0.1) is 5.92 Å². The lowest BCUT2D eigenvalue weighted by Gasteiger charge is -2.30. The number of pyridine rings is 1. The molecule has 1 aliphatic heterocycles. The normalized spacial score (nSPS) is 21.2. The minimum atomic E-state index is -0.989. The van der Waals surface area contributed by atoms with Gasteiger partial charge in [0.05, 0.1) is 19.3 Å². The number of amides is 1. The Morgan fingerprint density at radius 1 is 1.48 bits per heavy atom. The fraction of sp³-hybridized carbons (Fsp3) is 0.500. The number of carboxylic acid groups (broad SMARTS) is 1. The molecule has 1 aromatic heterocycles. The van der Waals surface area contributed by atoms with Gasteiger partial charge in [-0.3, -0.25) is 9.59 Å². The van der Waals surface area contributed by atoms with Crippen molar-refractivity contribution in [2.75, 3.05) is 19.8 Å². The summed E-state index contributed by atoms with van der Waals surface area (Å²) in [7, 11) is 0. The summed E-state index contributed by atoms with van der Waals surface area (Å²) >= 11 is 0. The molecule has 2 unspecified atom stereocenters. The quantitative estimate of drug-likeness (QED) is 0.830. The first-order chi connectivity index (χ1) is 10.1. The van der Waals surface area contributed by atoms with Gasteiger partial charge < -0.3 is 19.8 Å². The van der Waals surface area contributed by atoms with E-state index in [0.717, 1.165) is 0 Å². The van der Waals surface area contributed by atoms with E-state index < -0.39 is 23.8 Å². The van der Waals surface area contributed by atoms with Gasteiger partial charge in [0.25, 0.3) is 5.91 Å². The van der Waals surface area contributed by atoms with Gasteiger partial charge in [-0.05, 0) is 18.6 Å². The minimum absolute atomic E-state index is 0.0676. The third-order valence-electron chi connectivity index (χ3n) is 3.48. The Morgan fingerprint density at radius 3 is 2.86 bits per heavy atom. The second kappa shape index (κ2) is 6.53. The summed E-state index contributed by atoms with van der Waals surface area (Å²) < 4.78 is 5.22. The van der Waals surface area contributed by atoms with Crippen molar-refractivity contribution >= 4 is 11.9 Å². The van der Waals surface area contributed by atoms with Gasteiger partial charge in [0.15, 0.2) is 5.69 Å². The molecule has 1 aliphatic rings. The number of hydrogen-bond donors (Lipinski definition) is 2. The molecule has 0 radical (unpaired) electrons. The summed E-state index contributed by atoms with van der Waals surface area (Å²) in [6.07, 6.45) is 2.08. The third-order valence-corrected chi connectivity index (χ3v) is 3.48. The fourth-order valence-electron chi connectivity index (χ4n) is 2.44. The first-order valence-corrected chi connectivity index (χ1v) is 6.81. The average molecular weight is 294 g/mol. The minimum Gasteiger partial charge on any atom is -0.505 e. The van der Waals surface area contributed by atoms with Crippen molar-refractivity contribution in [3.05, 3.63) is 24.0 Å². The molecule has 2 N–H and O–H groups in total.